The number of rotatable bonds is 4. The van der Waals surface area contributed by atoms with Gasteiger partial charge < -0.3 is 15.5 Å². The summed E-state index contributed by atoms with van der Waals surface area (Å²) < 4.78 is 0. The molecule has 19 heavy (non-hydrogen) atoms. The first-order chi connectivity index (χ1) is 9.24. The van der Waals surface area contributed by atoms with Gasteiger partial charge in [-0.25, -0.2) is 0 Å². The van der Waals surface area contributed by atoms with E-state index in [4.69, 9.17) is 10.7 Å². The summed E-state index contributed by atoms with van der Waals surface area (Å²) in [5.41, 5.74) is 1.37. The van der Waals surface area contributed by atoms with Crippen LogP contribution in [0.15, 0.2) is 23.3 Å². The lowest BCUT2D eigenvalue weighted by molar-refractivity contribution is 0.121. The predicted octanol–water partition coefficient (Wildman–Crippen LogP) is 1.90. The van der Waals surface area contributed by atoms with Crippen LogP contribution in [0.25, 0.3) is 0 Å². The molecule has 0 bridgehead atoms. The maximum absolute atomic E-state index is 9.69. The molecule has 3 N–H and O–H groups in total. The average Bonchev–Trinajstić information content (AvgIpc) is 2.92. The molecular formula is C14H18N4O. The van der Waals surface area contributed by atoms with Gasteiger partial charge in [0.1, 0.15) is 5.92 Å². The lowest BCUT2D eigenvalue weighted by atomic mass is 9.92. The van der Waals surface area contributed by atoms with Crippen LogP contribution in [0, 0.1) is 22.7 Å². The minimum absolute atomic E-state index is 0.0397. The van der Waals surface area contributed by atoms with Crippen molar-refractivity contribution in [1.29, 1.82) is 10.7 Å². The van der Waals surface area contributed by atoms with Crippen LogP contribution in [0.2, 0.25) is 0 Å². The lowest BCUT2D eigenvalue weighted by Crippen LogP contribution is -2.25. The molecular weight excluding hydrogens is 240 g/mol. The van der Waals surface area contributed by atoms with Crippen LogP contribution in [0.5, 0.6) is 0 Å². The molecule has 3 atom stereocenters. The summed E-state index contributed by atoms with van der Waals surface area (Å²) in [6, 6.07) is 5.82. The quantitative estimate of drug-likeness (QED) is 0.719. The zero-order chi connectivity index (χ0) is 13.7. The molecule has 1 heterocycles. The minimum Gasteiger partial charge on any atom is -0.393 e. The van der Waals surface area contributed by atoms with Gasteiger partial charge in [0.05, 0.1) is 29.6 Å². The largest absolute Gasteiger partial charge is 0.393 e. The number of nitrogens with zero attached hydrogens (tertiary/aromatic N) is 2. The number of aliphatic hydroxyl groups is 1. The van der Waals surface area contributed by atoms with Crippen molar-refractivity contribution in [2.45, 2.75) is 37.8 Å². The molecule has 1 aromatic heterocycles. The zero-order valence-electron chi connectivity index (χ0n) is 10.7. The molecule has 0 amide bonds. The Morgan fingerprint density at radius 1 is 1.63 bits per heavy atom. The summed E-state index contributed by atoms with van der Waals surface area (Å²) >= 11 is 0. The van der Waals surface area contributed by atoms with Gasteiger partial charge >= 0.3 is 0 Å². The van der Waals surface area contributed by atoms with Crippen LogP contribution in [-0.2, 0) is 0 Å². The molecule has 5 heteroatoms. The summed E-state index contributed by atoms with van der Waals surface area (Å²) in [7, 11) is 0. The second-order valence-electron chi connectivity index (χ2n) is 4.85. The third-order valence-electron chi connectivity index (χ3n) is 3.41. The molecule has 0 spiro atoms. The summed E-state index contributed by atoms with van der Waals surface area (Å²) in [4.78, 5) is 7.66. The van der Waals surface area contributed by atoms with Gasteiger partial charge in [-0.05, 0) is 37.8 Å². The summed E-state index contributed by atoms with van der Waals surface area (Å²) in [6.45, 7) is 0. The molecule has 0 saturated heterocycles. The first-order valence-electron chi connectivity index (χ1n) is 6.54. The topological polar surface area (TPSA) is 96.0 Å². The number of H-pyrrole nitrogens is 1. The zero-order valence-corrected chi connectivity index (χ0v) is 10.7. The molecule has 0 aliphatic heterocycles. The Kier molecular flexibility index (Phi) is 4.48. The monoisotopic (exact) mass is 258 g/mol. The fourth-order valence-corrected chi connectivity index (χ4v) is 2.44. The van der Waals surface area contributed by atoms with Crippen molar-refractivity contribution in [1.82, 2.24) is 4.98 Å². The van der Waals surface area contributed by atoms with Gasteiger partial charge in [-0.15, -0.1) is 0 Å². The average molecular weight is 258 g/mol. The molecule has 1 saturated carbocycles. The van der Waals surface area contributed by atoms with E-state index < -0.39 is 5.92 Å². The highest BCUT2D eigenvalue weighted by molar-refractivity contribution is 6.10. The second kappa shape index (κ2) is 6.30. The van der Waals surface area contributed by atoms with E-state index in [0.717, 1.165) is 31.2 Å². The molecule has 3 unspecified atom stereocenters. The number of aromatic amines is 1. The van der Waals surface area contributed by atoms with Crippen LogP contribution >= 0.6 is 0 Å². The molecule has 1 fully saturated rings. The van der Waals surface area contributed by atoms with Crippen LogP contribution in [0.3, 0.4) is 0 Å². The van der Waals surface area contributed by atoms with Crippen LogP contribution in [-0.4, -0.2) is 34.2 Å². The number of nitrogens with one attached hydrogen (secondary N) is 2. The van der Waals surface area contributed by atoms with E-state index in [1.807, 2.05) is 12.1 Å². The van der Waals surface area contributed by atoms with Crippen molar-refractivity contribution < 1.29 is 5.11 Å². The highest BCUT2D eigenvalue weighted by Crippen LogP contribution is 2.22. The van der Waals surface area contributed by atoms with Gasteiger partial charge in [0.15, 0.2) is 0 Å². The number of aromatic nitrogens is 1. The van der Waals surface area contributed by atoms with Crippen LogP contribution in [0.1, 0.15) is 31.4 Å². The third kappa shape index (κ3) is 3.30. The number of nitriles is 1. The van der Waals surface area contributed by atoms with E-state index in [1.165, 1.54) is 0 Å². The fraction of sp³-hybridized carbons (Fsp3) is 0.500. The van der Waals surface area contributed by atoms with E-state index in [-0.39, 0.29) is 12.1 Å². The molecule has 1 aromatic rings. The standard InChI is InChI=1S/C14H18N4O/c15-8-10(9-16)14(13-5-2-6-17-13)18-11-3-1-4-12(19)7-11/h2,5-6,8,10-12,15,17,19H,1,3-4,7H2. The van der Waals surface area contributed by atoms with Crippen LogP contribution in [0.4, 0.5) is 0 Å². The first kappa shape index (κ1) is 13.5. The van der Waals surface area contributed by atoms with Gasteiger partial charge in [0.25, 0.3) is 0 Å². The van der Waals surface area contributed by atoms with Crippen molar-refractivity contribution in [3.8, 4) is 6.07 Å². The van der Waals surface area contributed by atoms with E-state index in [2.05, 4.69) is 16.0 Å². The molecule has 100 valence electrons. The molecule has 2 rings (SSSR count). The van der Waals surface area contributed by atoms with E-state index in [0.29, 0.717) is 12.1 Å². The lowest BCUT2D eigenvalue weighted by Gasteiger charge is -2.24. The predicted molar refractivity (Wildman–Crippen MR) is 73.5 cm³/mol. The smallest absolute Gasteiger partial charge is 0.124 e. The maximum Gasteiger partial charge on any atom is 0.124 e. The van der Waals surface area contributed by atoms with E-state index in [9.17, 15) is 5.11 Å². The van der Waals surface area contributed by atoms with Gasteiger partial charge in [0, 0.05) is 12.4 Å². The summed E-state index contributed by atoms with van der Waals surface area (Å²) in [5, 5.41) is 26.2. The summed E-state index contributed by atoms with van der Waals surface area (Å²) in [6.07, 6.45) is 5.94. The first-order valence-corrected chi connectivity index (χ1v) is 6.54. The van der Waals surface area contributed by atoms with Crippen LogP contribution < -0.4 is 0 Å². The third-order valence-corrected chi connectivity index (χ3v) is 3.41. The normalized spacial score (nSPS) is 25.6. The Bertz CT molecular complexity index is 486. The van der Waals surface area contributed by atoms with Crippen molar-refractivity contribution in [3.63, 3.8) is 0 Å². The van der Waals surface area contributed by atoms with Gasteiger partial charge in [-0.2, -0.15) is 5.26 Å². The number of aliphatic imine (C=N–C) groups is 1. The van der Waals surface area contributed by atoms with E-state index in [1.54, 1.807) is 6.20 Å². The molecule has 1 aliphatic carbocycles. The molecule has 0 radical (unpaired) electrons. The Morgan fingerprint density at radius 2 is 2.47 bits per heavy atom. The Hall–Kier alpha value is -1.93. The Morgan fingerprint density at radius 3 is 3.05 bits per heavy atom. The number of hydrogen-bond donors (Lipinski definition) is 3. The number of aliphatic hydroxyl groups excluding tert-OH is 1. The highest BCUT2D eigenvalue weighted by Gasteiger charge is 2.23. The van der Waals surface area contributed by atoms with Crippen molar-refractivity contribution in [2.75, 3.05) is 0 Å². The maximum atomic E-state index is 9.69. The second-order valence-corrected chi connectivity index (χ2v) is 4.85. The van der Waals surface area contributed by atoms with Crippen molar-refractivity contribution in [2.24, 2.45) is 10.9 Å². The highest BCUT2D eigenvalue weighted by atomic mass is 16.3. The van der Waals surface area contributed by atoms with Crippen molar-refractivity contribution in [3.05, 3.63) is 24.0 Å². The number of hydrogen-bond acceptors (Lipinski definition) is 4. The minimum atomic E-state index is -0.641. The van der Waals surface area contributed by atoms with Gasteiger partial charge in [0.2, 0.25) is 0 Å². The molecule has 0 aromatic carbocycles. The van der Waals surface area contributed by atoms with Gasteiger partial charge in [-0.1, -0.05) is 0 Å². The summed E-state index contributed by atoms with van der Waals surface area (Å²) in [5.74, 6) is -0.641. The fourth-order valence-electron chi connectivity index (χ4n) is 2.44. The molecule has 1 aliphatic rings. The van der Waals surface area contributed by atoms with Gasteiger partial charge in [-0.3, -0.25) is 4.99 Å². The Labute approximate surface area is 112 Å². The molecule has 5 nitrogen and oxygen atoms in total. The van der Waals surface area contributed by atoms with E-state index >= 15 is 0 Å². The SMILES string of the molecule is N#CC(C=N)C(=NC1CCCC(O)C1)c1ccc[nH]1. The van der Waals surface area contributed by atoms with Crippen molar-refractivity contribution >= 4 is 11.9 Å². The Balaban J connectivity index is 2.27.